The van der Waals surface area contributed by atoms with Crippen LogP contribution in [-0.4, -0.2) is 48.4 Å². The van der Waals surface area contributed by atoms with Crippen LogP contribution in [0.5, 0.6) is 0 Å². The molecule has 2 N–H and O–H groups in total. The quantitative estimate of drug-likeness (QED) is 0.646. The van der Waals surface area contributed by atoms with E-state index in [9.17, 15) is 22.8 Å². The molecule has 1 rings (SSSR count). The molecule has 0 aromatic carbocycles. The molecule has 28 heavy (non-hydrogen) atoms. The summed E-state index contributed by atoms with van der Waals surface area (Å²) in [6, 6.07) is -0.508. The first-order valence-corrected chi connectivity index (χ1v) is 9.26. The molecule has 1 atom stereocenters. The number of allylic oxidation sites excluding steroid dienone is 3. The SMILES string of the molecule is CCN(CCCNC(=O)NC1=CC[C@@](C)(C(F)(F)F)C=C1)C(=O)OC(C)(C)C. The van der Waals surface area contributed by atoms with Gasteiger partial charge in [-0.1, -0.05) is 12.2 Å². The molecule has 160 valence electrons. The van der Waals surface area contributed by atoms with Crippen LogP contribution >= 0.6 is 0 Å². The smallest absolute Gasteiger partial charge is 0.410 e. The lowest BCUT2D eigenvalue weighted by Gasteiger charge is -2.30. The van der Waals surface area contributed by atoms with Gasteiger partial charge in [-0.2, -0.15) is 13.2 Å². The lowest BCUT2D eigenvalue weighted by atomic mass is 9.82. The first-order chi connectivity index (χ1) is 12.8. The van der Waals surface area contributed by atoms with Crippen molar-refractivity contribution >= 4 is 12.1 Å². The number of carbonyl (C=O) groups excluding carboxylic acids is 2. The molecule has 9 heteroatoms. The second kappa shape index (κ2) is 9.34. The van der Waals surface area contributed by atoms with E-state index >= 15 is 0 Å². The van der Waals surface area contributed by atoms with Crippen molar-refractivity contribution in [2.45, 2.75) is 59.2 Å². The second-order valence-electron chi connectivity index (χ2n) is 7.91. The topological polar surface area (TPSA) is 70.7 Å². The predicted octanol–water partition coefficient (Wildman–Crippen LogP) is 4.35. The molecular formula is C19H30F3N3O3. The maximum atomic E-state index is 12.9. The molecule has 0 aromatic rings. The van der Waals surface area contributed by atoms with Crippen LogP contribution in [0.25, 0.3) is 0 Å². The summed E-state index contributed by atoms with van der Waals surface area (Å²) in [6.07, 6.45) is -0.794. The van der Waals surface area contributed by atoms with E-state index in [0.717, 1.165) is 13.0 Å². The van der Waals surface area contributed by atoms with Crippen LogP contribution < -0.4 is 10.6 Å². The van der Waals surface area contributed by atoms with Crippen LogP contribution in [-0.2, 0) is 4.74 Å². The number of nitrogens with one attached hydrogen (secondary N) is 2. The predicted molar refractivity (Wildman–Crippen MR) is 101 cm³/mol. The van der Waals surface area contributed by atoms with Gasteiger partial charge in [0.2, 0.25) is 0 Å². The molecule has 1 aliphatic rings. The molecule has 0 bridgehead atoms. The van der Waals surface area contributed by atoms with Crippen molar-refractivity contribution in [1.82, 2.24) is 15.5 Å². The molecular weight excluding hydrogens is 375 g/mol. The third-order valence-corrected chi connectivity index (χ3v) is 4.21. The number of carbonyl (C=O) groups is 2. The van der Waals surface area contributed by atoms with E-state index in [1.807, 2.05) is 6.92 Å². The van der Waals surface area contributed by atoms with E-state index in [-0.39, 0.29) is 6.42 Å². The van der Waals surface area contributed by atoms with Gasteiger partial charge in [-0.05, 0) is 53.5 Å². The third-order valence-electron chi connectivity index (χ3n) is 4.21. The normalized spacial score (nSPS) is 19.6. The van der Waals surface area contributed by atoms with E-state index in [1.165, 1.54) is 17.1 Å². The zero-order valence-electron chi connectivity index (χ0n) is 17.1. The summed E-state index contributed by atoms with van der Waals surface area (Å²) in [7, 11) is 0. The van der Waals surface area contributed by atoms with E-state index in [1.54, 1.807) is 20.8 Å². The summed E-state index contributed by atoms with van der Waals surface area (Å²) in [5, 5.41) is 5.14. The Labute approximate surface area is 164 Å². The lowest BCUT2D eigenvalue weighted by molar-refractivity contribution is -0.199. The fourth-order valence-corrected chi connectivity index (χ4v) is 2.39. The van der Waals surface area contributed by atoms with Crippen molar-refractivity contribution in [3.8, 4) is 0 Å². The van der Waals surface area contributed by atoms with Gasteiger partial charge in [-0.25, -0.2) is 9.59 Å². The molecule has 0 saturated heterocycles. The Balaban J connectivity index is 2.36. The number of hydrogen-bond acceptors (Lipinski definition) is 3. The number of hydrogen-bond donors (Lipinski definition) is 2. The monoisotopic (exact) mass is 405 g/mol. The highest BCUT2D eigenvalue weighted by molar-refractivity contribution is 5.76. The van der Waals surface area contributed by atoms with E-state index < -0.39 is 29.3 Å². The van der Waals surface area contributed by atoms with Crippen molar-refractivity contribution in [2.75, 3.05) is 19.6 Å². The van der Waals surface area contributed by atoms with Gasteiger partial charge in [0.25, 0.3) is 0 Å². The summed E-state index contributed by atoms with van der Waals surface area (Å²) in [6.45, 7) is 9.52. The number of alkyl halides is 3. The van der Waals surface area contributed by atoms with Gasteiger partial charge in [0, 0.05) is 25.3 Å². The van der Waals surface area contributed by atoms with Crippen molar-refractivity contribution in [3.63, 3.8) is 0 Å². The van der Waals surface area contributed by atoms with Crippen molar-refractivity contribution < 1.29 is 27.5 Å². The third kappa shape index (κ3) is 7.44. The Kier molecular flexibility index (Phi) is 7.95. The maximum absolute atomic E-state index is 12.9. The highest BCUT2D eigenvalue weighted by Gasteiger charge is 2.49. The summed E-state index contributed by atoms with van der Waals surface area (Å²) in [5.74, 6) is 0. The van der Waals surface area contributed by atoms with Crippen LogP contribution in [0.2, 0.25) is 0 Å². The fourth-order valence-electron chi connectivity index (χ4n) is 2.39. The van der Waals surface area contributed by atoms with Gasteiger partial charge in [-0.3, -0.25) is 0 Å². The Morgan fingerprint density at radius 1 is 1.29 bits per heavy atom. The zero-order chi connectivity index (χ0) is 21.6. The van der Waals surface area contributed by atoms with Crippen LogP contribution in [0.3, 0.4) is 0 Å². The summed E-state index contributed by atoms with van der Waals surface area (Å²) < 4.78 is 44.1. The van der Waals surface area contributed by atoms with Crippen LogP contribution in [0, 0.1) is 5.41 Å². The molecule has 0 fully saturated rings. The van der Waals surface area contributed by atoms with E-state index in [0.29, 0.717) is 31.8 Å². The van der Waals surface area contributed by atoms with E-state index in [4.69, 9.17) is 4.74 Å². The zero-order valence-corrected chi connectivity index (χ0v) is 17.1. The molecule has 0 spiro atoms. The second-order valence-corrected chi connectivity index (χ2v) is 7.91. The minimum Gasteiger partial charge on any atom is -0.444 e. The van der Waals surface area contributed by atoms with Crippen LogP contribution in [0.1, 0.15) is 47.5 Å². The van der Waals surface area contributed by atoms with Gasteiger partial charge in [0.05, 0.1) is 5.41 Å². The van der Waals surface area contributed by atoms with Gasteiger partial charge >= 0.3 is 18.3 Å². The molecule has 3 amide bonds. The molecule has 0 heterocycles. The largest absolute Gasteiger partial charge is 0.444 e. The highest BCUT2D eigenvalue weighted by Crippen LogP contribution is 2.44. The number of amides is 3. The van der Waals surface area contributed by atoms with Crippen molar-refractivity contribution in [3.05, 3.63) is 23.9 Å². The van der Waals surface area contributed by atoms with Gasteiger partial charge in [0.1, 0.15) is 5.60 Å². The lowest BCUT2D eigenvalue weighted by Crippen LogP contribution is -2.40. The standard InChI is InChI=1S/C19H30F3N3O3/c1-6-25(16(27)28-17(2,3)4)13-7-12-23-15(26)24-14-8-10-18(5,11-9-14)19(20,21)22/h8-10H,6-7,11-13H2,1-5H3,(H2,23,24,26)/t18-/m0/s1. The Hall–Kier alpha value is -2.19. The molecule has 6 nitrogen and oxygen atoms in total. The van der Waals surface area contributed by atoms with Gasteiger partial charge < -0.3 is 20.3 Å². The number of rotatable bonds is 6. The summed E-state index contributed by atoms with van der Waals surface area (Å²) >= 11 is 0. The number of urea groups is 1. The molecule has 1 aliphatic carbocycles. The number of nitrogens with zero attached hydrogens (tertiary/aromatic N) is 1. The highest BCUT2D eigenvalue weighted by atomic mass is 19.4. The number of ether oxygens (including phenoxy) is 1. The Morgan fingerprint density at radius 2 is 1.93 bits per heavy atom. The summed E-state index contributed by atoms with van der Waals surface area (Å²) in [5.41, 5.74) is -2.17. The van der Waals surface area contributed by atoms with Crippen LogP contribution in [0.4, 0.5) is 22.8 Å². The number of halogens is 3. The molecule has 0 saturated carbocycles. The minimum absolute atomic E-state index is 0.232. The fraction of sp³-hybridized carbons (Fsp3) is 0.684. The van der Waals surface area contributed by atoms with Gasteiger partial charge in [0.15, 0.2) is 0 Å². The molecule has 0 unspecified atom stereocenters. The van der Waals surface area contributed by atoms with Gasteiger partial charge in [-0.15, -0.1) is 0 Å². The minimum atomic E-state index is -4.34. The van der Waals surface area contributed by atoms with Crippen molar-refractivity contribution in [1.29, 1.82) is 0 Å². The average Bonchev–Trinajstić information content (AvgIpc) is 2.54. The molecule has 0 aliphatic heterocycles. The van der Waals surface area contributed by atoms with Crippen LogP contribution in [0.15, 0.2) is 23.9 Å². The first kappa shape index (κ1) is 23.8. The Morgan fingerprint density at radius 3 is 2.39 bits per heavy atom. The average molecular weight is 405 g/mol. The van der Waals surface area contributed by atoms with Crippen molar-refractivity contribution in [2.24, 2.45) is 5.41 Å². The van der Waals surface area contributed by atoms with E-state index in [2.05, 4.69) is 10.6 Å². The molecule has 0 aromatic heterocycles. The maximum Gasteiger partial charge on any atom is 0.410 e. The first-order valence-electron chi connectivity index (χ1n) is 9.26. The Bertz CT molecular complexity index is 624. The molecule has 0 radical (unpaired) electrons. The summed E-state index contributed by atoms with van der Waals surface area (Å²) in [4.78, 5) is 25.4.